The standard InChI is InChI=1S/C12H11N3OS/c1-8-7-17-12(15-8)6-16-11-3-2-10(14)4-9(11)5-13/h2-4,7H,6,14H2,1H3. The predicted molar refractivity (Wildman–Crippen MR) is 66.8 cm³/mol. The molecule has 17 heavy (non-hydrogen) atoms. The zero-order valence-corrected chi connectivity index (χ0v) is 10.1. The number of hydrogen-bond acceptors (Lipinski definition) is 5. The van der Waals surface area contributed by atoms with Crippen molar-refractivity contribution >= 4 is 17.0 Å². The van der Waals surface area contributed by atoms with E-state index in [2.05, 4.69) is 11.1 Å². The molecule has 0 amide bonds. The Morgan fingerprint density at radius 1 is 1.53 bits per heavy atom. The molecule has 0 radical (unpaired) electrons. The zero-order chi connectivity index (χ0) is 12.3. The molecule has 1 aromatic heterocycles. The zero-order valence-electron chi connectivity index (χ0n) is 9.30. The average molecular weight is 245 g/mol. The van der Waals surface area contributed by atoms with Crippen LogP contribution < -0.4 is 10.5 Å². The second-order valence-corrected chi connectivity index (χ2v) is 4.48. The van der Waals surface area contributed by atoms with Crippen LogP contribution in [0.5, 0.6) is 5.75 Å². The summed E-state index contributed by atoms with van der Waals surface area (Å²) in [6.45, 7) is 2.31. The average Bonchev–Trinajstić information content (AvgIpc) is 2.73. The number of nitrogen functional groups attached to an aromatic ring is 1. The van der Waals surface area contributed by atoms with Crippen molar-refractivity contribution in [2.24, 2.45) is 0 Å². The number of anilines is 1. The van der Waals surface area contributed by atoms with Gasteiger partial charge >= 0.3 is 0 Å². The number of aryl methyl sites for hydroxylation is 1. The summed E-state index contributed by atoms with van der Waals surface area (Å²) in [4.78, 5) is 4.28. The highest BCUT2D eigenvalue weighted by atomic mass is 32.1. The number of nitrogens with zero attached hydrogens (tertiary/aromatic N) is 2. The lowest BCUT2D eigenvalue weighted by Crippen LogP contribution is -1.97. The first kappa shape index (κ1) is 11.4. The SMILES string of the molecule is Cc1csc(COc2ccc(N)cc2C#N)n1. The molecule has 0 fully saturated rings. The van der Waals surface area contributed by atoms with E-state index in [9.17, 15) is 0 Å². The van der Waals surface area contributed by atoms with Crippen LogP contribution in [0.15, 0.2) is 23.6 Å². The van der Waals surface area contributed by atoms with Crippen molar-refractivity contribution in [2.75, 3.05) is 5.73 Å². The minimum Gasteiger partial charge on any atom is -0.485 e. The lowest BCUT2D eigenvalue weighted by molar-refractivity contribution is 0.304. The van der Waals surface area contributed by atoms with E-state index in [0.717, 1.165) is 10.7 Å². The Kier molecular flexibility index (Phi) is 3.26. The van der Waals surface area contributed by atoms with Gasteiger partial charge in [0.05, 0.1) is 5.56 Å². The first-order chi connectivity index (χ1) is 8.19. The third-order valence-electron chi connectivity index (χ3n) is 2.14. The molecule has 1 aromatic carbocycles. The number of thiazole rings is 1. The monoisotopic (exact) mass is 245 g/mol. The molecule has 0 aliphatic carbocycles. The van der Waals surface area contributed by atoms with Gasteiger partial charge in [0.15, 0.2) is 0 Å². The maximum atomic E-state index is 8.95. The number of ether oxygens (including phenoxy) is 1. The molecule has 0 unspecified atom stereocenters. The van der Waals surface area contributed by atoms with Gasteiger partial charge in [-0.05, 0) is 25.1 Å². The fraction of sp³-hybridized carbons (Fsp3) is 0.167. The largest absolute Gasteiger partial charge is 0.485 e. The molecular weight excluding hydrogens is 234 g/mol. The molecule has 0 aliphatic rings. The molecule has 0 bridgehead atoms. The number of benzene rings is 1. The Morgan fingerprint density at radius 3 is 3.00 bits per heavy atom. The van der Waals surface area contributed by atoms with Crippen LogP contribution in [0.25, 0.3) is 0 Å². The highest BCUT2D eigenvalue weighted by Crippen LogP contribution is 2.22. The normalized spacial score (nSPS) is 9.88. The van der Waals surface area contributed by atoms with Gasteiger partial charge in [-0.25, -0.2) is 4.98 Å². The maximum Gasteiger partial charge on any atom is 0.140 e. The van der Waals surface area contributed by atoms with Crippen molar-refractivity contribution in [1.82, 2.24) is 4.98 Å². The van der Waals surface area contributed by atoms with Crippen molar-refractivity contribution in [3.63, 3.8) is 0 Å². The van der Waals surface area contributed by atoms with E-state index in [0.29, 0.717) is 23.6 Å². The van der Waals surface area contributed by atoms with Crippen LogP contribution in [-0.2, 0) is 6.61 Å². The van der Waals surface area contributed by atoms with E-state index < -0.39 is 0 Å². The number of hydrogen-bond donors (Lipinski definition) is 1. The van der Waals surface area contributed by atoms with E-state index in [4.69, 9.17) is 15.7 Å². The quantitative estimate of drug-likeness (QED) is 0.843. The summed E-state index contributed by atoms with van der Waals surface area (Å²) in [6.07, 6.45) is 0. The summed E-state index contributed by atoms with van der Waals surface area (Å²) < 4.78 is 5.55. The maximum absolute atomic E-state index is 8.95. The smallest absolute Gasteiger partial charge is 0.140 e. The number of aromatic nitrogens is 1. The van der Waals surface area contributed by atoms with Crippen LogP contribution in [-0.4, -0.2) is 4.98 Å². The van der Waals surface area contributed by atoms with Gasteiger partial charge in [-0.3, -0.25) is 0 Å². The van der Waals surface area contributed by atoms with E-state index >= 15 is 0 Å². The van der Waals surface area contributed by atoms with E-state index in [1.54, 1.807) is 29.5 Å². The Bertz CT molecular complexity index is 571. The van der Waals surface area contributed by atoms with Crippen molar-refractivity contribution in [3.05, 3.63) is 39.8 Å². The molecule has 4 nitrogen and oxygen atoms in total. The predicted octanol–water partition coefficient (Wildman–Crippen LogP) is 2.48. The van der Waals surface area contributed by atoms with Crippen LogP contribution in [0.3, 0.4) is 0 Å². The second kappa shape index (κ2) is 4.85. The molecule has 0 saturated carbocycles. The summed E-state index contributed by atoms with van der Waals surface area (Å²) in [5.74, 6) is 0.537. The molecule has 1 heterocycles. The highest BCUT2D eigenvalue weighted by Gasteiger charge is 2.05. The highest BCUT2D eigenvalue weighted by molar-refractivity contribution is 7.09. The van der Waals surface area contributed by atoms with E-state index in [-0.39, 0.29) is 0 Å². The van der Waals surface area contributed by atoms with Gasteiger partial charge in [0, 0.05) is 16.8 Å². The molecule has 86 valence electrons. The lowest BCUT2D eigenvalue weighted by atomic mass is 10.2. The van der Waals surface area contributed by atoms with Gasteiger partial charge in [-0.1, -0.05) is 0 Å². The molecular formula is C12H11N3OS. The summed E-state index contributed by atoms with van der Waals surface area (Å²) in [7, 11) is 0. The van der Waals surface area contributed by atoms with Crippen LogP contribution in [0, 0.1) is 18.3 Å². The van der Waals surface area contributed by atoms with Crippen LogP contribution >= 0.6 is 11.3 Å². The van der Waals surface area contributed by atoms with Crippen LogP contribution in [0.4, 0.5) is 5.69 Å². The third-order valence-corrected chi connectivity index (χ3v) is 3.08. The number of nitrogens with two attached hydrogens (primary N) is 1. The second-order valence-electron chi connectivity index (χ2n) is 3.54. The Morgan fingerprint density at radius 2 is 2.35 bits per heavy atom. The van der Waals surface area contributed by atoms with E-state index in [1.807, 2.05) is 12.3 Å². The van der Waals surface area contributed by atoms with Gasteiger partial charge in [0.25, 0.3) is 0 Å². The van der Waals surface area contributed by atoms with E-state index in [1.165, 1.54) is 0 Å². The Balaban J connectivity index is 2.12. The molecule has 0 saturated heterocycles. The fourth-order valence-corrected chi connectivity index (χ4v) is 2.05. The molecule has 2 N–H and O–H groups in total. The summed E-state index contributed by atoms with van der Waals surface area (Å²) in [6, 6.07) is 7.07. The summed E-state index contributed by atoms with van der Waals surface area (Å²) in [5.41, 5.74) is 7.57. The van der Waals surface area contributed by atoms with Crippen LogP contribution in [0.1, 0.15) is 16.3 Å². The van der Waals surface area contributed by atoms with Gasteiger partial charge in [0.2, 0.25) is 0 Å². The Labute approximate surface area is 103 Å². The molecule has 0 aliphatic heterocycles. The van der Waals surface area contributed by atoms with Gasteiger partial charge in [-0.15, -0.1) is 11.3 Å². The van der Waals surface area contributed by atoms with Crippen LogP contribution in [0.2, 0.25) is 0 Å². The van der Waals surface area contributed by atoms with Crippen molar-refractivity contribution in [3.8, 4) is 11.8 Å². The minimum atomic E-state index is 0.372. The summed E-state index contributed by atoms with van der Waals surface area (Å²) in [5, 5.41) is 11.8. The van der Waals surface area contributed by atoms with Crippen molar-refractivity contribution in [2.45, 2.75) is 13.5 Å². The Hall–Kier alpha value is -2.06. The topological polar surface area (TPSA) is 71.9 Å². The molecule has 0 atom stereocenters. The lowest BCUT2D eigenvalue weighted by Gasteiger charge is -2.06. The first-order valence-corrected chi connectivity index (χ1v) is 5.90. The molecule has 2 aromatic rings. The number of rotatable bonds is 3. The van der Waals surface area contributed by atoms with Gasteiger partial charge in [0.1, 0.15) is 23.4 Å². The van der Waals surface area contributed by atoms with Gasteiger partial charge < -0.3 is 10.5 Å². The summed E-state index contributed by atoms with van der Waals surface area (Å²) >= 11 is 1.54. The first-order valence-electron chi connectivity index (χ1n) is 5.02. The van der Waals surface area contributed by atoms with Crippen molar-refractivity contribution < 1.29 is 4.74 Å². The third kappa shape index (κ3) is 2.74. The number of nitriles is 1. The molecule has 2 rings (SSSR count). The molecule has 5 heteroatoms. The van der Waals surface area contributed by atoms with Gasteiger partial charge in [-0.2, -0.15) is 5.26 Å². The fourth-order valence-electron chi connectivity index (χ4n) is 1.37. The van der Waals surface area contributed by atoms with Crippen molar-refractivity contribution in [1.29, 1.82) is 5.26 Å². The minimum absolute atomic E-state index is 0.372. The molecule has 0 spiro atoms.